The number of nitrogens with one attached hydrogen (secondary N) is 1. The van der Waals surface area contributed by atoms with Crippen molar-refractivity contribution < 1.29 is 4.79 Å². The maximum Gasteiger partial charge on any atom is 0.257 e. The van der Waals surface area contributed by atoms with Crippen LogP contribution in [0.1, 0.15) is 34.2 Å². The smallest absolute Gasteiger partial charge is 0.257 e. The predicted molar refractivity (Wildman–Crippen MR) is 79.9 cm³/mol. The first-order valence-electron chi connectivity index (χ1n) is 6.58. The van der Waals surface area contributed by atoms with E-state index in [-0.39, 0.29) is 5.91 Å². The summed E-state index contributed by atoms with van der Waals surface area (Å²) in [6.07, 6.45) is 0. The second kappa shape index (κ2) is 6.09. The van der Waals surface area contributed by atoms with Gasteiger partial charge in [0.25, 0.3) is 5.91 Å². The molecule has 1 aromatic heterocycles. The van der Waals surface area contributed by atoms with Crippen molar-refractivity contribution in [2.24, 2.45) is 0 Å². The van der Waals surface area contributed by atoms with Crippen LogP contribution in [0.4, 0.5) is 0 Å². The van der Waals surface area contributed by atoms with Gasteiger partial charge >= 0.3 is 0 Å². The van der Waals surface area contributed by atoms with Crippen molar-refractivity contribution in [2.75, 3.05) is 6.54 Å². The summed E-state index contributed by atoms with van der Waals surface area (Å²) in [5.41, 5.74) is 3.12. The number of H-pyrrole nitrogens is 1. The summed E-state index contributed by atoms with van der Waals surface area (Å²) in [6.45, 7) is 6.77. The van der Waals surface area contributed by atoms with Gasteiger partial charge in [0.15, 0.2) is 0 Å². The molecule has 0 saturated heterocycles. The molecule has 4 nitrogen and oxygen atoms in total. The largest absolute Gasteiger partial charge is 0.334 e. The number of hydrogen-bond acceptors (Lipinski definition) is 2. The van der Waals surface area contributed by atoms with Gasteiger partial charge in [0.05, 0.1) is 11.3 Å². The lowest BCUT2D eigenvalue weighted by molar-refractivity contribution is 0.0751. The molecule has 0 fully saturated rings. The summed E-state index contributed by atoms with van der Waals surface area (Å²) in [5, 5.41) is 7.61. The zero-order chi connectivity index (χ0) is 14.7. The fourth-order valence-corrected chi connectivity index (χ4v) is 2.38. The lowest BCUT2D eigenvalue weighted by Crippen LogP contribution is -2.31. The van der Waals surface area contributed by atoms with Crippen molar-refractivity contribution >= 4 is 17.5 Å². The third-order valence-corrected chi connectivity index (χ3v) is 3.70. The number of amides is 1. The predicted octanol–water partition coefficient (Wildman–Crippen LogP) is 3.34. The molecule has 0 aliphatic carbocycles. The molecule has 5 heteroatoms. The number of nitrogens with zero attached hydrogens (tertiary/aromatic N) is 2. The topological polar surface area (TPSA) is 49.0 Å². The highest BCUT2D eigenvalue weighted by atomic mass is 35.5. The number of benzene rings is 1. The summed E-state index contributed by atoms with van der Waals surface area (Å²) < 4.78 is 0. The molecule has 1 heterocycles. The summed E-state index contributed by atoms with van der Waals surface area (Å²) in [7, 11) is 0. The average molecular weight is 292 g/mol. The molecule has 0 atom stereocenters. The van der Waals surface area contributed by atoms with E-state index < -0.39 is 0 Å². The zero-order valence-corrected chi connectivity index (χ0v) is 12.7. The molecule has 0 spiro atoms. The second-order valence-corrected chi connectivity index (χ2v) is 5.13. The Labute approximate surface area is 123 Å². The van der Waals surface area contributed by atoms with E-state index in [1.54, 1.807) is 4.90 Å². The number of aromatic nitrogens is 2. The first kappa shape index (κ1) is 14.6. The van der Waals surface area contributed by atoms with E-state index in [9.17, 15) is 4.79 Å². The molecule has 2 rings (SSSR count). The van der Waals surface area contributed by atoms with E-state index >= 15 is 0 Å². The van der Waals surface area contributed by atoms with Crippen LogP contribution in [0.3, 0.4) is 0 Å². The van der Waals surface area contributed by atoms with Crippen molar-refractivity contribution in [3.8, 4) is 0 Å². The fourth-order valence-electron chi connectivity index (χ4n) is 2.18. The molecule has 20 heavy (non-hydrogen) atoms. The normalized spacial score (nSPS) is 10.6. The lowest BCUT2D eigenvalue weighted by Gasteiger charge is -2.21. The van der Waals surface area contributed by atoms with E-state index in [0.717, 1.165) is 17.0 Å². The van der Waals surface area contributed by atoms with Crippen molar-refractivity contribution in [3.63, 3.8) is 0 Å². The Hall–Kier alpha value is -1.81. The van der Waals surface area contributed by atoms with Crippen LogP contribution in [0.25, 0.3) is 0 Å². The molecule has 106 valence electrons. The Kier molecular flexibility index (Phi) is 4.45. The molecule has 0 radical (unpaired) electrons. The number of halogens is 1. The highest BCUT2D eigenvalue weighted by Crippen LogP contribution is 2.19. The maximum atomic E-state index is 12.6. The third kappa shape index (κ3) is 2.85. The standard InChI is InChI=1S/C15H18ClN3O/c1-4-19(9-12-7-5-6-8-13(12)16)15(20)14-10(2)17-18-11(14)3/h5-8H,4,9H2,1-3H3,(H,17,18). The van der Waals surface area contributed by atoms with Crippen LogP contribution >= 0.6 is 11.6 Å². The molecule has 0 unspecified atom stereocenters. The fraction of sp³-hybridized carbons (Fsp3) is 0.333. The lowest BCUT2D eigenvalue weighted by atomic mass is 10.1. The first-order chi connectivity index (χ1) is 9.54. The SMILES string of the molecule is CCN(Cc1ccccc1Cl)C(=O)c1c(C)n[nH]c1C. The molecule has 1 aromatic carbocycles. The van der Waals surface area contributed by atoms with Crippen LogP contribution in [0.2, 0.25) is 5.02 Å². The van der Waals surface area contributed by atoms with E-state index in [1.807, 2.05) is 45.0 Å². The van der Waals surface area contributed by atoms with Crippen molar-refractivity contribution in [2.45, 2.75) is 27.3 Å². The van der Waals surface area contributed by atoms with Gasteiger partial charge in [0, 0.05) is 23.8 Å². The van der Waals surface area contributed by atoms with Crippen LogP contribution in [0, 0.1) is 13.8 Å². The van der Waals surface area contributed by atoms with Crippen LogP contribution in [0.5, 0.6) is 0 Å². The van der Waals surface area contributed by atoms with E-state index in [0.29, 0.717) is 23.7 Å². The minimum absolute atomic E-state index is 0.0174. The van der Waals surface area contributed by atoms with Gasteiger partial charge in [-0.25, -0.2) is 0 Å². The van der Waals surface area contributed by atoms with E-state index in [4.69, 9.17) is 11.6 Å². The Morgan fingerprint density at radius 3 is 2.60 bits per heavy atom. The highest BCUT2D eigenvalue weighted by molar-refractivity contribution is 6.31. The minimum atomic E-state index is -0.0174. The average Bonchev–Trinajstić information content (AvgIpc) is 2.76. The second-order valence-electron chi connectivity index (χ2n) is 4.72. The van der Waals surface area contributed by atoms with Crippen molar-refractivity contribution in [3.05, 3.63) is 51.8 Å². The molecule has 0 bridgehead atoms. The van der Waals surface area contributed by atoms with Crippen LogP contribution in [-0.4, -0.2) is 27.5 Å². The summed E-state index contributed by atoms with van der Waals surface area (Å²) >= 11 is 6.16. The molecular weight excluding hydrogens is 274 g/mol. The van der Waals surface area contributed by atoms with Gasteiger partial charge in [-0.3, -0.25) is 9.89 Å². The Morgan fingerprint density at radius 2 is 2.05 bits per heavy atom. The molecule has 0 aliphatic heterocycles. The zero-order valence-electron chi connectivity index (χ0n) is 11.9. The Balaban J connectivity index is 2.25. The quantitative estimate of drug-likeness (QED) is 0.939. The van der Waals surface area contributed by atoms with Crippen LogP contribution in [-0.2, 0) is 6.54 Å². The number of rotatable bonds is 4. The molecular formula is C15H18ClN3O. The first-order valence-corrected chi connectivity index (χ1v) is 6.96. The third-order valence-electron chi connectivity index (χ3n) is 3.33. The number of carbonyl (C=O) groups excluding carboxylic acids is 1. The maximum absolute atomic E-state index is 12.6. The van der Waals surface area contributed by atoms with Gasteiger partial charge in [-0.05, 0) is 32.4 Å². The van der Waals surface area contributed by atoms with Crippen LogP contribution < -0.4 is 0 Å². The van der Waals surface area contributed by atoms with Gasteiger partial charge in [-0.2, -0.15) is 5.10 Å². The summed E-state index contributed by atoms with van der Waals surface area (Å²) in [6, 6.07) is 7.58. The number of aromatic amines is 1. The molecule has 1 amide bonds. The Bertz CT molecular complexity index is 602. The number of hydrogen-bond donors (Lipinski definition) is 1. The monoisotopic (exact) mass is 291 g/mol. The molecule has 2 aromatic rings. The van der Waals surface area contributed by atoms with Gasteiger partial charge < -0.3 is 4.90 Å². The minimum Gasteiger partial charge on any atom is -0.334 e. The number of aryl methyl sites for hydroxylation is 2. The Morgan fingerprint density at radius 1 is 1.35 bits per heavy atom. The number of carbonyl (C=O) groups is 1. The van der Waals surface area contributed by atoms with Crippen molar-refractivity contribution in [1.82, 2.24) is 15.1 Å². The highest BCUT2D eigenvalue weighted by Gasteiger charge is 2.21. The van der Waals surface area contributed by atoms with Gasteiger partial charge in [0.1, 0.15) is 0 Å². The van der Waals surface area contributed by atoms with Crippen LogP contribution in [0.15, 0.2) is 24.3 Å². The van der Waals surface area contributed by atoms with Crippen molar-refractivity contribution in [1.29, 1.82) is 0 Å². The summed E-state index contributed by atoms with van der Waals surface area (Å²) in [5.74, 6) is -0.0174. The van der Waals surface area contributed by atoms with Gasteiger partial charge in [-0.1, -0.05) is 29.8 Å². The summed E-state index contributed by atoms with van der Waals surface area (Å²) in [4.78, 5) is 14.4. The molecule has 0 aliphatic rings. The molecule has 1 N–H and O–H groups in total. The van der Waals surface area contributed by atoms with Gasteiger partial charge in [-0.15, -0.1) is 0 Å². The van der Waals surface area contributed by atoms with Gasteiger partial charge in [0.2, 0.25) is 0 Å². The van der Waals surface area contributed by atoms with E-state index in [2.05, 4.69) is 10.2 Å². The van der Waals surface area contributed by atoms with E-state index in [1.165, 1.54) is 0 Å². The molecule has 0 saturated carbocycles.